The van der Waals surface area contributed by atoms with Crippen molar-refractivity contribution in [3.8, 4) is 0 Å². The average Bonchev–Trinajstić information content (AvgIpc) is 2.29. The van der Waals surface area contributed by atoms with E-state index in [1.165, 1.54) is 0 Å². The minimum atomic E-state index is -0.492. The van der Waals surface area contributed by atoms with E-state index in [-0.39, 0.29) is 12.1 Å². The van der Waals surface area contributed by atoms with E-state index < -0.39 is 5.60 Å². The van der Waals surface area contributed by atoms with Crippen molar-refractivity contribution in [3.05, 3.63) is 0 Å². The molecule has 1 aliphatic carbocycles. The minimum absolute atomic E-state index is 0.186. The fourth-order valence-electron chi connectivity index (χ4n) is 2.20. The molecular formula is C13H27NO2. The number of aliphatic hydroxyl groups is 1. The normalized spacial score (nSPS) is 34.7. The molecule has 2 unspecified atom stereocenters. The summed E-state index contributed by atoms with van der Waals surface area (Å²) >= 11 is 0. The van der Waals surface area contributed by atoms with Gasteiger partial charge in [-0.1, -0.05) is 6.92 Å². The monoisotopic (exact) mass is 229 g/mol. The predicted octanol–water partition coefficient (Wildman–Crippen LogP) is 1.94. The van der Waals surface area contributed by atoms with Crippen molar-refractivity contribution in [2.75, 3.05) is 13.7 Å². The second kappa shape index (κ2) is 5.99. The molecule has 3 nitrogen and oxygen atoms in total. The van der Waals surface area contributed by atoms with E-state index in [1.807, 2.05) is 6.92 Å². The fraction of sp³-hybridized carbons (Fsp3) is 1.00. The van der Waals surface area contributed by atoms with Gasteiger partial charge in [0.25, 0.3) is 0 Å². The fourth-order valence-corrected chi connectivity index (χ4v) is 2.20. The van der Waals surface area contributed by atoms with E-state index in [4.69, 9.17) is 4.74 Å². The lowest BCUT2D eigenvalue weighted by Crippen LogP contribution is -2.48. The topological polar surface area (TPSA) is 41.5 Å². The summed E-state index contributed by atoms with van der Waals surface area (Å²) in [6.45, 7) is 7.10. The Morgan fingerprint density at radius 3 is 2.44 bits per heavy atom. The van der Waals surface area contributed by atoms with Gasteiger partial charge >= 0.3 is 0 Å². The maximum atomic E-state index is 10.4. The summed E-state index contributed by atoms with van der Waals surface area (Å²) in [4.78, 5) is 0. The summed E-state index contributed by atoms with van der Waals surface area (Å²) in [5, 5.41) is 13.8. The lowest BCUT2D eigenvalue weighted by atomic mass is 9.79. The molecule has 2 N–H and O–H groups in total. The molecule has 1 rings (SSSR count). The number of methoxy groups -OCH3 is 1. The standard InChI is InChI=1S/C13H27NO2/c1-10-5-7-13(15,8-6-10)9-14-11(2)12(3)16-4/h10-12,14-15H,5-9H2,1-4H3. The van der Waals surface area contributed by atoms with Crippen LogP contribution in [-0.2, 0) is 4.74 Å². The Hall–Kier alpha value is -0.120. The second-order valence-corrected chi connectivity index (χ2v) is 5.52. The van der Waals surface area contributed by atoms with Crippen LogP contribution in [-0.4, -0.2) is 36.5 Å². The molecule has 1 fully saturated rings. The molecule has 0 aromatic carbocycles. The molecule has 0 bridgehead atoms. The number of hydrogen-bond acceptors (Lipinski definition) is 3. The van der Waals surface area contributed by atoms with Gasteiger partial charge in [-0.3, -0.25) is 0 Å². The summed E-state index contributed by atoms with van der Waals surface area (Å²) in [5.41, 5.74) is -0.492. The Bertz CT molecular complexity index is 200. The lowest BCUT2D eigenvalue weighted by Gasteiger charge is -2.36. The first kappa shape index (κ1) is 13.9. The van der Waals surface area contributed by atoms with Gasteiger partial charge in [-0.05, 0) is 45.4 Å². The zero-order chi connectivity index (χ0) is 12.2. The zero-order valence-electron chi connectivity index (χ0n) is 11.1. The Labute approximate surface area is 99.6 Å². The van der Waals surface area contributed by atoms with Crippen LogP contribution in [0.4, 0.5) is 0 Å². The van der Waals surface area contributed by atoms with Gasteiger partial charge in [0.15, 0.2) is 0 Å². The third kappa shape index (κ3) is 4.04. The van der Waals surface area contributed by atoms with Crippen molar-refractivity contribution >= 4 is 0 Å². The van der Waals surface area contributed by atoms with Crippen LogP contribution in [0.1, 0.15) is 46.5 Å². The largest absolute Gasteiger partial charge is 0.389 e. The first-order valence-corrected chi connectivity index (χ1v) is 6.45. The second-order valence-electron chi connectivity index (χ2n) is 5.52. The smallest absolute Gasteiger partial charge is 0.0771 e. The van der Waals surface area contributed by atoms with Crippen molar-refractivity contribution in [2.45, 2.75) is 64.2 Å². The zero-order valence-corrected chi connectivity index (χ0v) is 11.1. The van der Waals surface area contributed by atoms with Crippen molar-refractivity contribution in [1.82, 2.24) is 5.32 Å². The van der Waals surface area contributed by atoms with Gasteiger partial charge in [0.2, 0.25) is 0 Å². The Kier molecular flexibility index (Phi) is 5.22. The molecule has 1 aliphatic rings. The van der Waals surface area contributed by atoms with Gasteiger partial charge in [0.1, 0.15) is 0 Å². The van der Waals surface area contributed by atoms with Crippen LogP contribution >= 0.6 is 0 Å². The molecule has 0 aromatic rings. The van der Waals surface area contributed by atoms with Gasteiger partial charge in [0, 0.05) is 19.7 Å². The minimum Gasteiger partial charge on any atom is -0.389 e. The average molecular weight is 229 g/mol. The quantitative estimate of drug-likeness (QED) is 0.757. The summed E-state index contributed by atoms with van der Waals surface area (Å²) in [6.07, 6.45) is 4.33. The van der Waals surface area contributed by atoms with Crippen LogP contribution in [0.5, 0.6) is 0 Å². The molecule has 2 atom stereocenters. The molecular weight excluding hydrogens is 202 g/mol. The van der Waals surface area contributed by atoms with Crippen LogP contribution in [0.3, 0.4) is 0 Å². The highest BCUT2D eigenvalue weighted by Crippen LogP contribution is 2.31. The molecule has 0 spiro atoms. The molecule has 96 valence electrons. The molecule has 3 heteroatoms. The number of nitrogens with one attached hydrogen (secondary N) is 1. The first-order valence-electron chi connectivity index (χ1n) is 6.45. The number of rotatable bonds is 5. The molecule has 0 saturated heterocycles. The molecule has 0 radical (unpaired) electrons. The highest BCUT2D eigenvalue weighted by Gasteiger charge is 2.32. The van der Waals surface area contributed by atoms with Crippen LogP contribution in [0, 0.1) is 5.92 Å². The first-order chi connectivity index (χ1) is 7.47. The van der Waals surface area contributed by atoms with E-state index in [1.54, 1.807) is 7.11 Å². The van der Waals surface area contributed by atoms with Crippen LogP contribution in [0.2, 0.25) is 0 Å². The van der Waals surface area contributed by atoms with Crippen molar-refractivity contribution in [1.29, 1.82) is 0 Å². The van der Waals surface area contributed by atoms with Crippen molar-refractivity contribution in [3.63, 3.8) is 0 Å². The van der Waals surface area contributed by atoms with E-state index in [9.17, 15) is 5.11 Å². The molecule has 0 aliphatic heterocycles. The number of ether oxygens (including phenoxy) is 1. The van der Waals surface area contributed by atoms with Crippen molar-refractivity contribution < 1.29 is 9.84 Å². The maximum absolute atomic E-state index is 10.4. The van der Waals surface area contributed by atoms with Gasteiger partial charge < -0.3 is 15.2 Å². The Morgan fingerprint density at radius 1 is 1.38 bits per heavy atom. The van der Waals surface area contributed by atoms with E-state index in [0.717, 1.165) is 31.6 Å². The maximum Gasteiger partial charge on any atom is 0.0771 e. The molecule has 16 heavy (non-hydrogen) atoms. The molecule has 0 aromatic heterocycles. The van der Waals surface area contributed by atoms with Crippen molar-refractivity contribution in [2.24, 2.45) is 5.92 Å². The summed E-state index contributed by atoms with van der Waals surface area (Å²) in [6, 6.07) is 0.286. The summed E-state index contributed by atoms with van der Waals surface area (Å²) in [7, 11) is 1.72. The predicted molar refractivity (Wildman–Crippen MR) is 66.5 cm³/mol. The summed E-state index contributed by atoms with van der Waals surface area (Å²) < 4.78 is 5.26. The molecule has 1 saturated carbocycles. The van der Waals surface area contributed by atoms with Gasteiger partial charge in [-0.25, -0.2) is 0 Å². The van der Waals surface area contributed by atoms with Gasteiger partial charge in [-0.2, -0.15) is 0 Å². The van der Waals surface area contributed by atoms with Gasteiger partial charge in [-0.15, -0.1) is 0 Å². The molecule has 0 heterocycles. The van der Waals surface area contributed by atoms with Crippen LogP contribution in [0.25, 0.3) is 0 Å². The van der Waals surface area contributed by atoms with E-state index in [2.05, 4.69) is 19.2 Å². The van der Waals surface area contributed by atoms with E-state index >= 15 is 0 Å². The SMILES string of the molecule is COC(C)C(C)NCC1(O)CCC(C)CC1. The summed E-state index contributed by atoms with van der Waals surface area (Å²) in [5.74, 6) is 0.774. The highest BCUT2D eigenvalue weighted by molar-refractivity contribution is 4.87. The Balaban J connectivity index is 2.31. The Morgan fingerprint density at radius 2 is 1.94 bits per heavy atom. The third-order valence-corrected chi connectivity index (χ3v) is 4.03. The van der Waals surface area contributed by atoms with Crippen LogP contribution < -0.4 is 5.32 Å². The lowest BCUT2D eigenvalue weighted by molar-refractivity contribution is -0.0131. The highest BCUT2D eigenvalue weighted by atomic mass is 16.5. The third-order valence-electron chi connectivity index (χ3n) is 4.03. The van der Waals surface area contributed by atoms with Gasteiger partial charge in [0.05, 0.1) is 11.7 Å². The van der Waals surface area contributed by atoms with E-state index in [0.29, 0.717) is 6.54 Å². The van der Waals surface area contributed by atoms with Crippen LogP contribution in [0.15, 0.2) is 0 Å². The molecule has 0 amide bonds. The number of hydrogen-bond donors (Lipinski definition) is 2.